The molecular formula is C20H29N3O4. The zero-order valence-corrected chi connectivity index (χ0v) is 15.9. The van der Waals surface area contributed by atoms with Crippen LogP contribution in [0.25, 0.3) is 0 Å². The lowest BCUT2D eigenvalue weighted by Crippen LogP contribution is -2.48. The lowest BCUT2D eigenvalue weighted by Gasteiger charge is -2.35. The predicted octanol–water partition coefficient (Wildman–Crippen LogP) is 1.24. The third kappa shape index (κ3) is 5.43. The molecule has 148 valence electrons. The summed E-state index contributed by atoms with van der Waals surface area (Å²) in [4.78, 5) is 26.7. The first-order chi connectivity index (χ1) is 13.2. The molecule has 7 heteroatoms. The number of methoxy groups -OCH3 is 1. The van der Waals surface area contributed by atoms with Gasteiger partial charge in [-0.25, -0.2) is 0 Å². The summed E-state index contributed by atoms with van der Waals surface area (Å²) in [5.74, 6) is -0.300. The number of carbonyl (C=O) groups excluding carboxylic acids is 2. The Morgan fingerprint density at radius 2 is 1.81 bits per heavy atom. The molecule has 0 bridgehead atoms. The van der Waals surface area contributed by atoms with E-state index in [0.717, 1.165) is 50.1 Å². The SMILES string of the molecule is COc1ccc(C(CNC(=O)C(=O)NC2CCCC2)N2CCOCC2)cc1. The zero-order chi connectivity index (χ0) is 19.1. The normalized spacial score (nSPS) is 19.4. The minimum absolute atomic E-state index is 0.0111. The Kier molecular flexibility index (Phi) is 7.06. The number of ether oxygens (including phenoxy) is 2. The molecule has 2 fully saturated rings. The molecule has 0 aromatic heterocycles. The van der Waals surface area contributed by atoms with Gasteiger partial charge in [0.25, 0.3) is 0 Å². The summed E-state index contributed by atoms with van der Waals surface area (Å²) >= 11 is 0. The second-order valence-electron chi connectivity index (χ2n) is 7.10. The average molecular weight is 375 g/mol. The molecule has 1 saturated heterocycles. The molecule has 2 amide bonds. The maximum Gasteiger partial charge on any atom is 0.309 e. The van der Waals surface area contributed by atoms with Gasteiger partial charge in [0.05, 0.1) is 26.4 Å². The van der Waals surface area contributed by atoms with Gasteiger partial charge in [-0.2, -0.15) is 0 Å². The van der Waals surface area contributed by atoms with Gasteiger partial charge >= 0.3 is 11.8 Å². The van der Waals surface area contributed by atoms with Crippen molar-refractivity contribution in [1.29, 1.82) is 0 Å². The third-order valence-corrected chi connectivity index (χ3v) is 5.34. The fourth-order valence-electron chi connectivity index (χ4n) is 3.76. The number of nitrogens with one attached hydrogen (secondary N) is 2. The molecule has 0 radical (unpaired) electrons. The lowest BCUT2D eigenvalue weighted by molar-refractivity contribution is -0.139. The van der Waals surface area contributed by atoms with Crippen LogP contribution in [-0.4, -0.2) is 62.7 Å². The van der Waals surface area contributed by atoms with Crippen molar-refractivity contribution in [2.45, 2.75) is 37.8 Å². The van der Waals surface area contributed by atoms with Crippen LogP contribution in [0.15, 0.2) is 24.3 Å². The van der Waals surface area contributed by atoms with Crippen LogP contribution in [0.4, 0.5) is 0 Å². The molecule has 27 heavy (non-hydrogen) atoms. The van der Waals surface area contributed by atoms with E-state index in [-0.39, 0.29) is 12.1 Å². The van der Waals surface area contributed by atoms with Crippen LogP contribution in [0, 0.1) is 0 Å². The van der Waals surface area contributed by atoms with Gasteiger partial charge in [-0.3, -0.25) is 14.5 Å². The van der Waals surface area contributed by atoms with E-state index in [9.17, 15) is 9.59 Å². The molecule has 0 spiro atoms. The maximum absolute atomic E-state index is 12.3. The Hall–Kier alpha value is -2.12. The quantitative estimate of drug-likeness (QED) is 0.732. The summed E-state index contributed by atoms with van der Waals surface area (Å²) in [7, 11) is 1.64. The largest absolute Gasteiger partial charge is 0.497 e. The van der Waals surface area contributed by atoms with Crippen molar-refractivity contribution in [3.63, 3.8) is 0 Å². The molecule has 2 N–H and O–H groups in total. The van der Waals surface area contributed by atoms with Gasteiger partial charge < -0.3 is 20.1 Å². The van der Waals surface area contributed by atoms with Crippen LogP contribution >= 0.6 is 0 Å². The molecule has 1 aromatic rings. The highest BCUT2D eigenvalue weighted by Crippen LogP contribution is 2.23. The smallest absolute Gasteiger partial charge is 0.309 e. The standard InChI is InChI=1S/C20H29N3O4/c1-26-17-8-6-15(7-9-17)18(23-10-12-27-13-11-23)14-21-19(24)20(25)22-16-4-2-3-5-16/h6-9,16,18H,2-5,10-14H2,1H3,(H,21,24)(H,22,25). The molecule has 1 saturated carbocycles. The zero-order valence-electron chi connectivity index (χ0n) is 15.9. The predicted molar refractivity (Wildman–Crippen MR) is 102 cm³/mol. The van der Waals surface area contributed by atoms with Gasteiger partial charge in [-0.05, 0) is 30.5 Å². The second kappa shape index (κ2) is 9.71. The molecule has 7 nitrogen and oxygen atoms in total. The van der Waals surface area contributed by atoms with Crippen molar-refractivity contribution in [1.82, 2.24) is 15.5 Å². The topological polar surface area (TPSA) is 79.9 Å². The summed E-state index contributed by atoms with van der Waals surface area (Å²) in [5, 5.41) is 5.65. The van der Waals surface area contributed by atoms with E-state index in [1.807, 2.05) is 24.3 Å². The molecule has 1 aromatic carbocycles. The number of morpholine rings is 1. The van der Waals surface area contributed by atoms with Gasteiger partial charge in [-0.15, -0.1) is 0 Å². The minimum Gasteiger partial charge on any atom is -0.497 e. The van der Waals surface area contributed by atoms with Crippen LogP contribution in [0.2, 0.25) is 0 Å². The highest BCUT2D eigenvalue weighted by molar-refractivity contribution is 6.35. The average Bonchev–Trinajstić information content (AvgIpc) is 3.22. The van der Waals surface area contributed by atoms with E-state index < -0.39 is 11.8 Å². The van der Waals surface area contributed by atoms with Crippen LogP contribution in [0.1, 0.15) is 37.3 Å². The van der Waals surface area contributed by atoms with Gasteiger partial charge in [0.2, 0.25) is 0 Å². The summed E-state index contributed by atoms with van der Waals surface area (Å²) in [5.41, 5.74) is 1.08. The summed E-state index contributed by atoms with van der Waals surface area (Å²) in [6.07, 6.45) is 4.15. The van der Waals surface area contributed by atoms with E-state index in [1.165, 1.54) is 0 Å². The van der Waals surface area contributed by atoms with E-state index in [0.29, 0.717) is 19.8 Å². The number of carbonyl (C=O) groups is 2. The van der Waals surface area contributed by atoms with E-state index in [2.05, 4.69) is 15.5 Å². The van der Waals surface area contributed by atoms with E-state index in [4.69, 9.17) is 9.47 Å². The molecule has 1 aliphatic heterocycles. The minimum atomic E-state index is -0.561. The van der Waals surface area contributed by atoms with Crippen LogP contribution in [0.5, 0.6) is 5.75 Å². The van der Waals surface area contributed by atoms with Gasteiger partial charge in [0.1, 0.15) is 5.75 Å². The van der Waals surface area contributed by atoms with Crippen molar-refractivity contribution < 1.29 is 19.1 Å². The molecule has 1 unspecified atom stereocenters. The Bertz CT molecular complexity index is 623. The van der Waals surface area contributed by atoms with Crippen LogP contribution in [0.3, 0.4) is 0 Å². The van der Waals surface area contributed by atoms with Crippen molar-refractivity contribution >= 4 is 11.8 Å². The summed E-state index contributed by atoms with van der Waals surface area (Å²) < 4.78 is 10.7. The van der Waals surface area contributed by atoms with Gasteiger partial charge in [-0.1, -0.05) is 25.0 Å². The molecule has 3 rings (SSSR count). The Morgan fingerprint density at radius 1 is 1.15 bits per heavy atom. The summed E-state index contributed by atoms with van der Waals surface area (Å²) in [6.45, 7) is 3.30. The maximum atomic E-state index is 12.3. The fourth-order valence-corrected chi connectivity index (χ4v) is 3.76. The lowest BCUT2D eigenvalue weighted by atomic mass is 10.0. The molecular weight excluding hydrogens is 346 g/mol. The fraction of sp³-hybridized carbons (Fsp3) is 0.600. The number of nitrogens with zero attached hydrogens (tertiary/aromatic N) is 1. The summed E-state index contributed by atoms with van der Waals surface area (Å²) in [6, 6.07) is 7.96. The van der Waals surface area contributed by atoms with Crippen molar-refractivity contribution in [3.8, 4) is 5.75 Å². The first-order valence-electron chi connectivity index (χ1n) is 9.72. The highest BCUT2D eigenvalue weighted by atomic mass is 16.5. The highest BCUT2D eigenvalue weighted by Gasteiger charge is 2.26. The first kappa shape index (κ1) is 19.6. The van der Waals surface area contributed by atoms with Crippen LogP contribution in [-0.2, 0) is 14.3 Å². The Morgan fingerprint density at radius 3 is 2.44 bits per heavy atom. The van der Waals surface area contributed by atoms with E-state index in [1.54, 1.807) is 7.11 Å². The monoisotopic (exact) mass is 375 g/mol. The van der Waals surface area contributed by atoms with Crippen molar-refractivity contribution in [2.24, 2.45) is 0 Å². The molecule has 2 aliphatic rings. The number of hydrogen-bond acceptors (Lipinski definition) is 5. The number of hydrogen-bond donors (Lipinski definition) is 2. The molecule has 1 atom stereocenters. The van der Waals surface area contributed by atoms with Gasteiger partial charge in [0.15, 0.2) is 0 Å². The van der Waals surface area contributed by atoms with Gasteiger partial charge in [0, 0.05) is 25.7 Å². The van der Waals surface area contributed by atoms with Crippen molar-refractivity contribution in [3.05, 3.63) is 29.8 Å². The second-order valence-corrected chi connectivity index (χ2v) is 7.10. The Labute approximate surface area is 160 Å². The first-order valence-corrected chi connectivity index (χ1v) is 9.72. The third-order valence-electron chi connectivity index (χ3n) is 5.34. The Balaban J connectivity index is 1.61. The number of benzene rings is 1. The molecule has 1 aliphatic carbocycles. The van der Waals surface area contributed by atoms with Crippen molar-refractivity contribution in [2.75, 3.05) is 40.0 Å². The number of amides is 2. The molecule has 1 heterocycles. The van der Waals surface area contributed by atoms with Crippen LogP contribution < -0.4 is 15.4 Å². The van der Waals surface area contributed by atoms with E-state index >= 15 is 0 Å². The number of rotatable bonds is 6.